The summed E-state index contributed by atoms with van der Waals surface area (Å²) in [5, 5.41) is 9.53. The van der Waals surface area contributed by atoms with Crippen LogP contribution in [-0.4, -0.2) is 44.9 Å². The SMILES string of the molecule is CCC[C@]1(C(=O)O)CCCN(C(=O)c2cnc[nH]c2=O)C1. The first kappa shape index (κ1) is 15.2. The van der Waals surface area contributed by atoms with Crippen molar-refractivity contribution in [2.45, 2.75) is 32.6 Å². The molecule has 2 rings (SSSR count). The molecule has 1 amide bonds. The Hall–Kier alpha value is -2.18. The summed E-state index contributed by atoms with van der Waals surface area (Å²) in [5.74, 6) is -1.33. The lowest BCUT2D eigenvalue weighted by atomic mass is 9.76. The second kappa shape index (κ2) is 6.07. The van der Waals surface area contributed by atoms with E-state index in [1.165, 1.54) is 17.4 Å². The lowest BCUT2D eigenvalue weighted by Crippen LogP contribution is -2.50. The van der Waals surface area contributed by atoms with E-state index in [1.807, 2.05) is 6.92 Å². The molecule has 1 saturated heterocycles. The summed E-state index contributed by atoms with van der Waals surface area (Å²) >= 11 is 0. The largest absolute Gasteiger partial charge is 0.481 e. The Morgan fingerprint density at radius 3 is 2.90 bits per heavy atom. The van der Waals surface area contributed by atoms with Gasteiger partial charge < -0.3 is 15.0 Å². The van der Waals surface area contributed by atoms with E-state index in [0.29, 0.717) is 25.8 Å². The van der Waals surface area contributed by atoms with Gasteiger partial charge in [-0.15, -0.1) is 0 Å². The van der Waals surface area contributed by atoms with Gasteiger partial charge in [-0.25, -0.2) is 4.98 Å². The second-order valence-electron chi connectivity index (χ2n) is 5.46. The number of carbonyl (C=O) groups excluding carboxylic acids is 1. The van der Waals surface area contributed by atoms with Gasteiger partial charge in [0.25, 0.3) is 11.5 Å². The molecule has 0 spiro atoms. The fourth-order valence-corrected chi connectivity index (χ4v) is 2.94. The number of carbonyl (C=O) groups is 2. The van der Waals surface area contributed by atoms with Crippen LogP contribution in [-0.2, 0) is 4.79 Å². The third kappa shape index (κ3) is 2.96. The number of nitrogens with one attached hydrogen (secondary N) is 1. The molecule has 0 bridgehead atoms. The molecule has 0 aromatic carbocycles. The summed E-state index contributed by atoms with van der Waals surface area (Å²) in [6.45, 7) is 2.53. The average Bonchev–Trinajstić information content (AvgIpc) is 2.47. The lowest BCUT2D eigenvalue weighted by Gasteiger charge is -2.39. The highest BCUT2D eigenvalue weighted by Crippen LogP contribution is 2.35. The third-order valence-corrected chi connectivity index (χ3v) is 4.00. The van der Waals surface area contributed by atoms with Crippen molar-refractivity contribution in [3.05, 3.63) is 28.4 Å². The van der Waals surface area contributed by atoms with Gasteiger partial charge in [-0.1, -0.05) is 13.3 Å². The molecule has 1 aliphatic rings. The van der Waals surface area contributed by atoms with E-state index in [2.05, 4.69) is 9.97 Å². The fraction of sp³-hybridized carbons (Fsp3) is 0.571. The number of aliphatic carboxylic acids is 1. The summed E-state index contributed by atoms with van der Waals surface area (Å²) in [5.41, 5.74) is -1.45. The van der Waals surface area contributed by atoms with E-state index in [-0.39, 0.29) is 12.1 Å². The maximum absolute atomic E-state index is 12.4. The first-order valence-electron chi connectivity index (χ1n) is 7.05. The molecule has 0 unspecified atom stereocenters. The van der Waals surface area contributed by atoms with Crippen LogP contribution in [0.15, 0.2) is 17.3 Å². The minimum absolute atomic E-state index is 0.0461. The summed E-state index contributed by atoms with van der Waals surface area (Å²) in [6.07, 6.45) is 4.88. The number of H-pyrrole nitrogens is 1. The van der Waals surface area contributed by atoms with E-state index >= 15 is 0 Å². The Balaban J connectivity index is 2.25. The molecule has 7 heteroatoms. The maximum atomic E-state index is 12.4. The van der Waals surface area contributed by atoms with Crippen LogP contribution in [0.25, 0.3) is 0 Å². The molecule has 0 aliphatic carbocycles. The quantitative estimate of drug-likeness (QED) is 0.857. The van der Waals surface area contributed by atoms with Crippen molar-refractivity contribution in [1.29, 1.82) is 0 Å². The second-order valence-corrected chi connectivity index (χ2v) is 5.46. The van der Waals surface area contributed by atoms with Crippen LogP contribution in [0.4, 0.5) is 0 Å². The molecule has 0 radical (unpaired) electrons. The van der Waals surface area contributed by atoms with Crippen molar-refractivity contribution in [1.82, 2.24) is 14.9 Å². The number of piperidine rings is 1. The van der Waals surface area contributed by atoms with Crippen LogP contribution in [0.2, 0.25) is 0 Å². The number of carboxylic acids is 1. The van der Waals surface area contributed by atoms with Crippen molar-refractivity contribution in [3.8, 4) is 0 Å². The molecule has 1 atom stereocenters. The van der Waals surface area contributed by atoms with Gasteiger partial charge >= 0.3 is 5.97 Å². The summed E-state index contributed by atoms with van der Waals surface area (Å²) < 4.78 is 0. The standard InChI is InChI=1S/C14H19N3O4/c1-2-4-14(13(20)21)5-3-6-17(8-14)12(19)10-7-15-9-16-11(10)18/h7,9H,2-6,8H2,1H3,(H,20,21)(H,15,16,18)/t14-/m0/s1. The molecule has 2 heterocycles. The molecule has 7 nitrogen and oxygen atoms in total. The molecule has 114 valence electrons. The Labute approximate surface area is 122 Å². The van der Waals surface area contributed by atoms with Crippen molar-refractivity contribution in [2.24, 2.45) is 5.41 Å². The van der Waals surface area contributed by atoms with Crippen molar-refractivity contribution in [2.75, 3.05) is 13.1 Å². The molecular weight excluding hydrogens is 274 g/mol. The van der Waals surface area contributed by atoms with Gasteiger partial charge in [-0.2, -0.15) is 0 Å². The normalized spacial score (nSPS) is 22.0. The molecule has 1 aromatic rings. The fourth-order valence-electron chi connectivity index (χ4n) is 2.94. The van der Waals surface area contributed by atoms with Crippen LogP contribution in [0.1, 0.15) is 43.0 Å². The van der Waals surface area contributed by atoms with E-state index in [9.17, 15) is 19.5 Å². The number of amides is 1. The number of nitrogens with zero attached hydrogens (tertiary/aromatic N) is 2. The van der Waals surface area contributed by atoms with Crippen molar-refractivity contribution < 1.29 is 14.7 Å². The number of aromatic nitrogens is 2. The minimum atomic E-state index is -0.905. The Bertz CT molecular complexity index is 594. The molecule has 1 aliphatic heterocycles. The van der Waals surface area contributed by atoms with E-state index in [4.69, 9.17) is 0 Å². The molecule has 1 aromatic heterocycles. The van der Waals surface area contributed by atoms with E-state index in [0.717, 1.165) is 6.42 Å². The average molecular weight is 293 g/mol. The molecule has 2 N–H and O–H groups in total. The first-order chi connectivity index (χ1) is 10.00. The topological polar surface area (TPSA) is 103 Å². The van der Waals surface area contributed by atoms with Gasteiger partial charge in [-0.3, -0.25) is 14.4 Å². The highest BCUT2D eigenvalue weighted by Gasteiger charge is 2.43. The van der Waals surface area contributed by atoms with Crippen LogP contribution < -0.4 is 5.56 Å². The summed E-state index contributed by atoms with van der Waals surface area (Å²) in [7, 11) is 0. The summed E-state index contributed by atoms with van der Waals surface area (Å²) in [4.78, 5) is 43.3. The van der Waals surface area contributed by atoms with Crippen LogP contribution in [0, 0.1) is 5.41 Å². The highest BCUT2D eigenvalue weighted by molar-refractivity contribution is 5.94. The number of aromatic amines is 1. The first-order valence-corrected chi connectivity index (χ1v) is 7.05. The molecule has 21 heavy (non-hydrogen) atoms. The molecular formula is C14H19N3O4. The molecule has 1 fully saturated rings. The van der Waals surface area contributed by atoms with Gasteiger partial charge in [0.15, 0.2) is 0 Å². The number of likely N-dealkylation sites (tertiary alicyclic amines) is 1. The van der Waals surface area contributed by atoms with Gasteiger partial charge in [0.1, 0.15) is 5.56 Å². The highest BCUT2D eigenvalue weighted by atomic mass is 16.4. The maximum Gasteiger partial charge on any atom is 0.311 e. The van der Waals surface area contributed by atoms with Crippen LogP contribution in [0.3, 0.4) is 0 Å². The predicted octanol–water partition coefficient (Wildman–Crippen LogP) is 0.877. The zero-order valence-electron chi connectivity index (χ0n) is 12.0. The summed E-state index contributed by atoms with van der Waals surface area (Å²) in [6, 6.07) is 0. The zero-order chi connectivity index (χ0) is 15.5. The Morgan fingerprint density at radius 2 is 2.29 bits per heavy atom. The monoisotopic (exact) mass is 293 g/mol. The van der Waals surface area contributed by atoms with Gasteiger partial charge in [0.05, 0.1) is 11.7 Å². The van der Waals surface area contributed by atoms with E-state index < -0.39 is 22.9 Å². The minimum Gasteiger partial charge on any atom is -0.481 e. The van der Waals surface area contributed by atoms with Gasteiger partial charge in [0.2, 0.25) is 0 Å². The number of hydrogen-bond donors (Lipinski definition) is 2. The van der Waals surface area contributed by atoms with Gasteiger partial charge in [-0.05, 0) is 19.3 Å². The Kier molecular flexibility index (Phi) is 4.40. The van der Waals surface area contributed by atoms with Crippen molar-refractivity contribution >= 4 is 11.9 Å². The number of rotatable bonds is 4. The predicted molar refractivity (Wildman–Crippen MR) is 75.0 cm³/mol. The van der Waals surface area contributed by atoms with Crippen LogP contribution in [0.5, 0.6) is 0 Å². The Morgan fingerprint density at radius 1 is 1.52 bits per heavy atom. The lowest BCUT2D eigenvalue weighted by molar-refractivity contribution is -0.152. The number of hydrogen-bond acceptors (Lipinski definition) is 4. The van der Waals surface area contributed by atoms with E-state index in [1.54, 1.807) is 0 Å². The zero-order valence-corrected chi connectivity index (χ0v) is 12.0. The smallest absolute Gasteiger partial charge is 0.311 e. The third-order valence-electron chi connectivity index (χ3n) is 4.00. The van der Waals surface area contributed by atoms with Crippen LogP contribution >= 0.6 is 0 Å². The number of carboxylic acid groups (broad SMARTS) is 1. The van der Waals surface area contributed by atoms with Crippen molar-refractivity contribution in [3.63, 3.8) is 0 Å². The van der Waals surface area contributed by atoms with Gasteiger partial charge in [0, 0.05) is 19.3 Å². The molecule has 0 saturated carbocycles.